The maximum atomic E-state index is 12.4. The molecule has 0 saturated carbocycles. The Morgan fingerprint density at radius 3 is 2.65 bits per heavy atom. The number of fused-ring (bicyclic) bond motifs is 1. The van der Waals surface area contributed by atoms with Crippen LogP contribution in [0.5, 0.6) is 0 Å². The Hall–Kier alpha value is -1.06. The van der Waals surface area contributed by atoms with E-state index in [4.69, 9.17) is 0 Å². The molecule has 1 heterocycles. The van der Waals surface area contributed by atoms with Crippen LogP contribution in [0.4, 0.5) is 0 Å². The molecule has 1 aliphatic carbocycles. The van der Waals surface area contributed by atoms with Gasteiger partial charge in [0, 0.05) is 11.1 Å². The zero-order valence-corrected chi connectivity index (χ0v) is 12.8. The van der Waals surface area contributed by atoms with Crippen LogP contribution in [0.15, 0.2) is 18.2 Å². The van der Waals surface area contributed by atoms with Crippen molar-refractivity contribution in [3.63, 3.8) is 0 Å². The average Bonchev–Trinajstić information content (AvgIpc) is 2.86. The van der Waals surface area contributed by atoms with E-state index in [1.165, 1.54) is 24.0 Å². The van der Waals surface area contributed by atoms with Gasteiger partial charge in [-0.15, -0.1) is 12.4 Å². The molecular formula is C16H23ClN2O. The Bertz CT molecular complexity index is 495. The van der Waals surface area contributed by atoms with Crippen molar-refractivity contribution in [2.75, 3.05) is 13.1 Å². The van der Waals surface area contributed by atoms with E-state index in [9.17, 15) is 4.79 Å². The summed E-state index contributed by atoms with van der Waals surface area (Å²) in [5, 5.41) is 6.56. The van der Waals surface area contributed by atoms with Crippen molar-refractivity contribution < 1.29 is 4.79 Å². The standard InChI is InChI=1S/C16H22N2O.ClH/c1-16(7-9-17-10-8-16)18-15(19)14-6-5-12-3-2-4-13(12)11-14;/h5-6,11,17H,2-4,7-10H2,1H3,(H,18,19);1H. The normalized spacial score (nSPS) is 19.9. The van der Waals surface area contributed by atoms with Gasteiger partial charge >= 0.3 is 0 Å². The van der Waals surface area contributed by atoms with Gasteiger partial charge in [0.25, 0.3) is 5.91 Å². The van der Waals surface area contributed by atoms with Gasteiger partial charge < -0.3 is 10.6 Å². The number of carbonyl (C=O) groups excluding carboxylic acids is 1. The van der Waals surface area contributed by atoms with Gasteiger partial charge in [0.1, 0.15) is 0 Å². The van der Waals surface area contributed by atoms with E-state index >= 15 is 0 Å². The molecule has 1 saturated heterocycles. The molecule has 20 heavy (non-hydrogen) atoms. The maximum absolute atomic E-state index is 12.4. The quantitative estimate of drug-likeness (QED) is 0.880. The minimum Gasteiger partial charge on any atom is -0.347 e. The lowest BCUT2D eigenvalue weighted by Crippen LogP contribution is -2.52. The molecule has 1 amide bonds. The van der Waals surface area contributed by atoms with Crippen LogP contribution in [0.25, 0.3) is 0 Å². The molecule has 1 aliphatic heterocycles. The second kappa shape index (κ2) is 6.15. The molecule has 0 unspecified atom stereocenters. The Labute approximate surface area is 126 Å². The van der Waals surface area contributed by atoms with Crippen LogP contribution in [0.3, 0.4) is 0 Å². The largest absolute Gasteiger partial charge is 0.347 e. The zero-order valence-electron chi connectivity index (χ0n) is 12.0. The highest BCUT2D eigenvalue weighted by molar-refractivity contribution is 5.95. The summed E-state index contributed by atoms with van der Waals surface area (Å²) in [5.41, 5.74) is 3.55. The molecule has 0 atom stereocenters. The molecule has 1 aromatic rings. The smallest absolute Gasteiger partial charge is 0.251 e. The van der Waals surface area contributed by atoms with Gasteiger partial charge in [-0.3, -0.25) is 4.79 Å². The van der Waals surface area contributed by atoms with E-state index < -0.39 is 0 Å². The third kappa shape index (κ3) is 3.15. The molecular weight excluding hydrogens is 272 g/mol. The summed E-state index contributed by atoms with van der Waals surface area (Å²) in [5.74, 6) is 0.0825. The van der Waals surface area contributed by atoms with Crippen LogP contribution in [0, 0.1) is 0 Å². The SMILES string of the molecule is CC1(NC(=O)c2ccc3c(c2)CCC3)CCNCC1.Cl. The minimum absolute atomic E-state index is 0. The number of amides is 1. The van der Waals surface area contributed by atoms with E-state index in [2.05, 4.69) is 29.7 Å². The number of halogens is 1. The van der Waals surface area contributed by atoms with E-state index in [-0.39, 0.29) is 23.9 Å². The second-order valence-electron chi connectivity index (χ2n) is 6.10. The molecule has 1 aromatic carbocycles. The Balaban J connectivity index is 0.00000147. The third-order valence-corrected chi connectivity index (χ3v) is 4.48. The Kier molecular flexibility index (Phi) is 4.71. The monoisotopic (exact) mass is 294 g/mol. The van der Waals surface area contributed by atoms with E-state index in [0.717, 1.165) is 37.9 Å². The summed E-state index contributed by atoms with van der Waals surface area (Å²) in [7, 11) is 0. The van der Waals surface area contributed by atoms with Crippen LogP contribution in [0.2, 0.25) is 0 Å². The first kappa shape index (κ1) is 15.3. The first-order chi connectivity index (χ1) is 9.16. The number of benzene rings is 1. The molecule has 3 rings (SSSR count). The van der Waals surface area contributed by atoms with Crippen LogP contribution in [-0.4, -0.2) is 24.5 Å². The highest BCUT2D eigenvalue weighted by Gasteiger charge is 2.28. The van der Waals surface area contributed by atoms with Crippen LogP contribution in [-0.2, 0) is 12.8 Å². The molecule has 4 heteroatoms. The molecule has 0 spiro atoms. The summed E-state index contributed by atoms with van der Waals surface area (Å²) in [6.07, 6.45) is 5.52. The van der Waals surface area contributed by atoms with Crippen LogP contribution >= 0.6 is 12.4 Å². The van der Waals surface area contributed by atoms with Gasteiger partial charge in [-0.1, -0.05) is 6.07 Å². The van der Waals surface area contributed by atoms with Crippen molar-refractivity contribution in [3.05, 3.63) is 34.9 Å². The molecule has 110 valence electrons. The molecule has 2 aliphatic rings. The molecule has 0 aromatic heterocycles. The van der Waals surface area contributed by atoms with E-state index in [0.29, 0.717) is 0 Å². The van der Waals surface area contributed by atoms with Gasteiger partial charge in [-0.2, -0.15) is 0 Å². The highest BCUT2D eigenvalue weighted by Crippen LogP contribution is 2.24. The average molecular weight is 295 g/mol. The first-order valence-electron chi connectivity index (χ1n) is 7.31. The molecule has 0 bridgehead atoms. The van der Waals surface area contributed by atoms with E-state index in [1.807, 2.05) is 6.07 Å². The summed E-state index contributed by atoms with van der Waals surface area (Å²) in [6, 6.07) is 6.19. The van der Waals surface area contributed by atoms with Crippen molar-refractivity contribution >= 4 is 18.3 Å². The summed E-state index contributed by atoms with van der Waals surface area (Å²) in [4.78, 5) is 12.4. The first-order valence-corrected chi connectivity index (χ1v) is 7.31. The number of carbonyl (C=O) groups is 1. The minimum atomic E-state index is -0.0542. The van der Waals surface area contributed by atoms with Crippen molar-refractivity contribution in [1.29, 1.82) is 0 Å². The lowest BCUT2D eigenvalue weighted by Gasteiger charge is -2.35. The molecule has 3 nitrogen and oxygen atoms in total. The van der Waals surface area contributed by atoms with Crippen molar-refractivity contribution in [2.24, 2.45) is 0 Å². The van der Waals surface area contributed by atoms with Crippen molar-refractivity contribution in [1.82, 2.24) is 10.6 Å². The molecule has 2 N–H and O–H groups in total. The fourth-order valence-electron chi connectivity index (χ4n) is 3.16. The third-order valence-electron chi connectivity index (χ3n) is 4.48. The molecule has 0 radical (unpaired) electrons. The van der Waals surface area contributed by atoms with Crippen molar-refractivity contribution in [2.45, 2.75) is 44.6 Å². The number of aryl methyl sites for hydroxylation is 2. The lowest BCUT2D eigenvalue weighted by molar-refractivity contribution is 0.0887. The van der Waals surface area contributed by atoms with Gasteiger partial charge in [-0.05, 0) is 75.4 Å². The second-order valence-corrected chi connectivity index (χ2v) is 6.10. The number of nitrogens with one attached hydrogen (secondary N) is 2. The fraction of sp³-hybridized carbons (Fsp3) is 0.562. The van der Waals surface area contributed by atoms with Gasteiger partial charge in [0.15, 0.2) is 0 Å². The van der Waals surface area contributed by atoms with Crippen LogP contribution < -0.4 is 10.6 Å². The highest BCUT2D eigenvalue weighted by atomic mass is 35.5. The number of hydrogen-bond acceptors (Lipinski definition) is 2. The fourth-order valence-corrected chi connectivity index (χ4v) is 3.16. The summed E-state index contributed by atoms with van der Waals surface area (Å²) < 4.78 is 0. The van der Waals surface area contributed by atoms with Gasteiger partial charge in [-0.25, -0.2) is 0 Å². The Morgan fingerprint density at radius 1 is 1.20 bits per heavy atom. The maximum Gasteiger partial charge on any atom is 0.251 e. The van der Waals surface area contributed by atoms with Crippen molar-refractivity contribution in [3.8, 4) is 0 Å². The van der Waals surface area contributed by atoms with E-state index in [1.54, 1.807) is 0 Å². The predicted octanol–water partition coefficient (Wildman–Crippen LogP) is 2.47. The Morgan fingerprint density at radius 2 is 1.90 bits per heavy atom. The van der Waals surface area contributed by atoms with Gasteiger partial charge in [0.2, 0.25) is 0 Å². The number of rotatable bonds is 2. The summed E-state index contributed by atoms with van der Waals surface area (Å²) >= 11 is 0. The van der Waals surface area contributed by atoms with Gasteiger partial charge in [0.05, 0.1) is 0 Å². The van der Waals surface area contributed by atoms with Crippen LogP contribution in [0.1, 0.15) is 47.7 Å². The zero-order chi connectivity index (χ0) is 13.3. The molecule has 1 fully saturated rings. The summed E-state index contributed by atoms with van der Waals surface area (Å²) in [6.45, 7) is 4.13. The number of piperidine rings is 1. The predicted molar refractivity (Wildman–Crippen MR) is 83.7 cm³/mol. The number of hydrogen-bond donors (Lipinski definition) is 2. The topological polar surface area (TPSA) is 41.1 Å². The lowest BCUT2D eigenvalue weighted by atomic mass is 9.90.